The van der Waals surface area contributed by atoms with Crippen LogP contribution in [0.1, 0.15) is 11.1 Å². The number of carbonyl (C=O) groups excluding carboxylic acids is 1. The molecular weight excluding hydrogens is 506 g/mol. The normalized spacial score (nSPS) is 11.0. The summed E-state index contributed by atoms with van der Waals surface area (Å²) in [7, 11) is 0. The van der Waals surface area contributed by atoms with Crippen molar-refractivity contribution in [1.29, 1.82) is 5.26 Å². The van der Waals surface area contributed by atoms with E-state index in [0.29, 0.717) is 26.5 Å². The minimum Gasteiger partial charge on any atom is -0.486 e. The SMILES string of the molecule is N#C/C(=C/c1cc(Cl)c(OCc2ccc(F)cc2)c(Br)c1)C(=O)Nc1ccc(Cl)cc1. The smallest absolute Gasteiger partial charge is 0.266 e. The summed E-state index contributed by atoms with van der Waals surface area (Å²) in [6.45, 7) is 0.195. The fourth-order valence-electron chi connectivity index (χ4n) is 2.58. The summed E-state index contributed by atoms with van der Waals surface area (Å²) in [5, 5.41) is 12.9. The molecule has 0 aliphatic heterocycles. The highest BCUT2D eigenvalue weighted by Crippen LogP contribution is 2.35. The summed E-state index contributed by atoms with van der Waals surface area (Å²) in [6.07, 6.45) is 1.42. The van der Waals surface area contributed by atoms with Crippen molar-refractivity contribution in [2.24, 2.45) is 0 Å². The van der Waals surface area contributed by atoms with Crippen LogP contribution in [-0.4, -0.2) is 5.91 Å². The largest absolute Gasteiger partial charge is 0.486 e. The van der Waals surface area contributed by atoms with Gasteiger partial charge in [-0.15, -0.1) is 0 Å². The topological polar surface area (TPSA) is 62.1 Å². The van der Waals surface area contributed by atoms with Crippen LogP contribution in [0.15, 0.2) is 70.7 Å². The molecule has 0 bridgehead atoms. The lowest BCUT2D eigenvalue weighted by atomic mass is 10.1. The molecule has 3 aromatic rings. The number of ether oxygens (including phenoxy) is 1. The number of halogens is 4. The van der Waals surface area contributed by atoms with E-state index >= 15 is 0 Å². The summed E-state index contributed by atoms with van der Waals surface area (Å²) in [5.41, 5.74) is 1.73. The summed E-state index contributed by atoms with van der Waals surface area (Å²) in [5.74, 6) is -0.492. The van der Waals surface area contributed by atoms with E-state index in [1.807, 2.05) is 6.07 Å². The highest BCUT2D eigenvalue weighted by atomic mass is 79.9. The van der Waals surface area contributed by atoms with E-state index in [1.165, 1.54) is 18.2 Å². The van der Waals surface area contributed by atoms with Gasteiger partial charge in [0.2, 0.25) is 0 Å². The third-order valence-corrected chi connectivity index (χ3v) is 5.22. The number of rotatable bonds is 6. The number of anilines is 1. The number of benzene rings is 3. The Morgan fingerprint density at radius 2 is 1.81 bits per heavy atom. The second-order valence-electron chi connectivity index (χ2n) is 6.36. The molecule has 1 amide bonds. The predicted octanol–water partition coefficient (Wildman–Crippen LogP) is 7.02. The molecule has 4 nitrogen and oxygen atoms in total. The number of amides is 1. The predicted molar refractivity (Wildman–Crippen MR) is 124 cm³/mol. The maximum atomic E-state index is 13.0. The highest BCUT2D eigenvalue weighted by molar-refractivity contribution is 9.10. The average Bonchev–Trinajstić information content (AvgIpc) is 2.74. The van der Waals surface area contributed by atoms with Gasteiger partial charge in [-0.3, -0.25) is 4.79 Å². The molecule has 3 rings (SSSR count). The molecule has 0 aliphatic carbocycles. The zero-order valence-corrected chi connectivity index (χ0v) is 18.9. The van der Waals surface area contributed by atoms with Crippen molar-refractivity contribution in [3.63, 3.8) is 0 Å². The number of nitrogens with zero attached hydrogens (tertiary/aromatic N) is 1. The van der Waals surface area contributed by atoms with E-state index in [-0.39, 0.29) is 23.0 Å². The van der Waals surface area contributed by atoms with E-state index in [1.54, 1.807) is 48.5 Å². The van der Waals surface area contributed by atoms with Crippen LogP contribution in [0.5, 0.6) is 5.75 Å². The molecule has 31 heavy (non-hydrogen) atoms. The van der Waals surface area contributed by atoms with Gasteiger partial charge in [0.15, 0.2) is 5.75 Å². The van der Waals surface area contributed by atoms with Gasteiger partial charge in [0.1, 0.15) is 24.1 Å². The monoisotopic (exact) mass is 518 g/mol. The lowest BCUT2D eigenvalue weighted by Crippen LogP contribution is -2.13. The molecule has 3 aromatic carbocycles. The van der Waals surface area contributed by atoms with Crippen LogP contribution < -0.4 is 10.1 Å². The molecule has 0 saturated carbocycles. The number of carbonyl (C=O) groups is 1. The Balaban J connectivity index is 1.76. The standard InChI is InChI=1S/C23H14BrCl2FN2O2/c24-20-10-15(9-16(12-28)23(30)29-19-7-3-17(25)4-8-19)11-21(26)22(20)31-13-14-1-5-18(27)6-2-14/h1-11H,13H2,(H,29,30)/b16-9-. The van der Waals surface area contributed by atoms with Crippen LogP contribution in [0.3, 0.4) is 0 Å². The Bertz CT molecular complexity index is 1150. The third-order valence-electron chi connectivity index (χ3n) is 4.10. The van der Waals surface area contributed by atoms with Gasteiger partial charge in [0.25, 0.3) is 5.91 Å². The van der Waals surface area contributed by atoms with Crippen molar-refractivity contribution in [3.05, 3.63) is 97.7 Å². The van der Waals surface area contributed by atoms with E-state index in [4.69, 9.17) is 27.9 Å². The molecule has 0 spiro atoms. The van der Waals surface area contributed by atoms with Crippen molar-refractivity contribution in [3.8, 4) is 11.8 Å². The Hall–Kier alpha value is -2.85. The Kier molecular flexibility index (Phi) is 7.69. The van der Waals surface area contributed by atoms with E-state index in [9.17, 15) is 14.4 Å². The van der Waals surface area contributed by atoms with E-state index in [0.717, 1.165) is 5.56 Å². The molecule has 0 unspecified atom stereocenters. The molecule has 1 N–H and O–H groups in total. The van der Waals surface area contributed by atoms with Crippen molar-refractivity contribution in [2.75, 3.05) is 5.32 Å². The minimum absolute atomic E-state index is 0.0992. The molecule has 0 radical (unpaired) electrons. The maximum Gasteiger partial charge on any atom is 0.266 e. The lowest BCUT2D eigenvalue weighted by Gasteiger charge is -2.11. The summed E-state index contributed by atoms with van der Waals surface area (Å²) in [4.78, 5) is 12.4. The van der Waals surface area contributed by atoms with Crippen LogP contribution >= 0.6 is 39.1 Å². The minimum atomic E-state index is -0.561. The second kappa shape index (κ2) is 10.5. The van der Waals surface area contributed by atoms with Crippen LogP contribution in [0.2, 0.25) is 10.0 Å². The first-order chi connectivity index (χ1) is 14.9. The van der Waals surface area contributed by atoms with Crippen LogP contribution in [0.25, 0.3) is 6.08 Å². The molecular formula is C23H14BrCl2FN2O2. The van der Waals surface area contributed by atoms with Crippen LogP contribution in [0.4, 0.5) is 10.1 Å². The molecule has 0 aromatic heterocycles. The quantitative estimate of drug-likeness (QED) is 0.281. The molecule has 0 aliphatic rings. The Morgan fingerprint density at radius 1 is 1.13 bits per heavy atom. The highest BCUT2D eigenvalue weighted by Gasteiger charge is 2.13. The van der Waals surface area contributed by atoms with Gasteiger partial charge in [-0.05, 0) is 81.7 Å². The maximum absolute atomic E-state index is 13.0. The van der Waals surface area contributed by atoms with Gasteiger partial charge >= 0.3 is 0 Å². The molecule has 0 atom stereocenters. The fourth-order valence-corrected chi connectivity index (χ4v) is 3.70. The zero-order valence-electron chi connectivity index (χ0n) is 15.8. The Labute approximate surface area is 197 Å². The summed E-state index contributed by atoms with van der Waals surface area (Å²) in [6, 6.07) is 17.6. The number of hydrogen-bond acceptors (Lipinski definition) is 3. The molecule has 156 valence electrons. The first-order valence-electron chi connectivity index (χ1n) is 8.90. The molecule has 0 saturated heterocycles. The Morgan fingerprint density at radius 3 is 2.42 bits per heavy atom. The third kappa shape index (κ3) is 6.31. The van der Waals surface area contributed by atoms with Gasteiger partial charge < -0.3 is 10.1 Å². The van der Waals surface area contributed by atoms with Crippen LogP contribution in [-0.2, 0) is 11.4 Å². The van der Waals surface area contributed by atoms with Crippen molar-refractivity contribution < 1.29 is 13.9 Å². The zero-order chi connectivity index (χ0) is 22.4. The van der Waals surface area contributed by atoms with E-state index < -0.39 is 5.91 Å². The van der Waals surface area contributed by atoms with Crippen LogP contribution in [0, 0.1) is 17.1 Å². The van der Waals surface area contributed by atoms with Crippen molar-refractivity contribution >= 4 is 56.8 Å². The number of nitrogens with one attached hydrogen (secondary N) is 1. The summed E-state index contributed by atoms with van der Waals surface area (Å²) >= 11 is 15.6. The lowest BCUT2D eigenvalue weighted by molar-refractivity contribution is -0.112. The van der Waals surface area contributed by atoms with Gasteiger partial charge in [0.05, 0.1) is 9.50 Å². The van der Waals surface area contributed by atoms with E-state index in [2.05, 4.69) is 21.2 Å². The second-order valence-corrected chi connectivity index (χ2v) is 8.06. The van der Waals surface area contributed by atoms with Gasteiger partial charge in [-0.1, -0.05) is 35.3 Å². The van der Waals surface area contributed by atoms with Gasteiger partial charge in [-0.25, -0.2) is 4.39 Å². The fraction of sp³-hybridized carbons (Fsp3) is 0.0435. The molecule has 0 heterocycles. The van der Waals surface area contributed by atoms with Gasteiger partial charge in [0, 0.05) is 10.7 Å². The molecule has 0 fully saturated rings. The number of nitriles is 1. The summed E-state index contributed by atoms with van der Waals surface area (Å²) < 4.78 is 19.3. The van der Waals surface area contributed by atoms with Crippen molar-refractivity contribution in [1.82, 2.24) is 0 Å². The average molecular weight is 520 g/mol. The number of hydrogen-bond donors (Lipinski definition) is 1. The first-order valence-corrected chi connectivity index (χ1v) is 10.5. The van der Waals surface area contributed by atoms with Crippen molar-refractivity contribution in [2.45, 2.75) is 6.61 Å². The molecule has 8 heteroatoms. The first kappa shape index (κ1) is 22.8. The van der Waals surface area contributed by atoms with Gasteiger partial charge in [-0.2, -0.15) is 5.26 Å².